The number of rotatable bonds is 5. The van der Waals surface area contributed by atoms with Gasteiger partial charge >= 0.3 is 5.97 Å². The van der Waals surface area contributed by atoms with E-state index in [9.17, 15) is 18.8 Å². The minimum atomic E-state index is -0.883. The highest BCUT2D eigenvalue weighted by Gasteiger charge is 2.24. The van der Waals surface area contributed by atoms with Crippen LogP contribution in [0, 0.1) is 5.82 Å². The number of ketones is 1. The number of nitrogens with one attached hydrogen (secondary N) is 1. The minimum absolute atomic E-state index is 0.0896. The van der Waals surface area contributed by atoms with Crippen molar-refractivity contribution in [3.8, 4) is 0 Å². The topological polar surface area (TPSA) is 77.4 Å². The van der Waals surface area contributed by atoms with E-state index < -0.39 is 23.5 Å². The first-order chi connectivity index (χ1) is 13.9. The number of nitrogens with zero attached hydrogens (tertiary/aromatic N) is 1. The maximum absolute atomic E-state index is 14.2. The number of amides is 1. The van der Waals surface area contributed by atoms with Crippen LogP contribution in [0.4, 0.5) is 4.39 Å². The predicted molar refractivity (Wildman–Crippen MR) is 104 cm³/mol. The Hall–Kier alpha value is -3.45. The van der Waals surface area contributed by atoms with E-state index in [1.165, 1.54) is 24.4 Å². The van der Waals surface area contributed by atoms with E-state index in [-0.39, 0.29) is 24.4 Å². The van der Waals surface area contributed by atoms with Gasteiger partial charge in [-0.15, -0.1) is 0 Å². The standard InChI is InChI=1S/C21H14ClFN2O4/c22-13-5-6-17(23)12(7-13)9-25-10-16(15-3-1-2-4-18(15)25)20(27)21(28)24-14-8-19(26)29-11-14/h1-8,10H,9,11H2,(H,24,28). The van der Waals surface area contributed by atoms with E-state index in [4.69, 9.17) is 16.3 Å². The van der Waals surface area contributed by atoms with Gasteiger partial charge in [-0.05, 0) is 24.3 Å². The van der Waals surface area contributed by atoms with Crippen molar-refractivity contribution in [1.29, 1.82) is 0 Å². The summed E-state index contributed by atoms with van der Waals surface area (Å²) in [5.41, 5.74) is 1.42. The first-order valence-electron chi connectivity index (χ1n) is 8.67. The average Bonchev–Trinajstić information content (AvgIpc) is 3.28. The van der Waals surface area contributed by atoms with Crippen LogP contribution in [0.25, 0.3) is 10.9 Å². The first kappa shape index (κ1) is 18.9. The van der Waals surface area contributed by atoms with Gasteiger partial charge < -0.3 is 14.6 Å². The van der Waals surface area contributed by atoms with Gasteiger partial charge in [-0.2, -0.15) is 0 Å². The molecule has 0 spiro atoms. The maximum Gasteiger partial charge on any atom is 0.333 e. The highest BCUT2D eigenvalue weighted by atomic mass is 35.5. The smallest absolute Gasteiger partial charge is 0.333 e. The number of ether oxygens (including phenoxy) is 1. The molecule has 1 aliphatic heterocycles. The van der Waals surface area contributed by atoms with Crippen molar-refractivity contribution in [3.05, 3.63) is 82.4 Å². The lowest BCUT2D eigenvalue weighted by atomic mass is 10.1. The number of para-hydroxylation sites is 1. The minimum Gasteiger partial charge on any atom is -0.456 e. The molecule has 1 aromatic heterocycles. The Balaban J connectivity index is 1.67. The fourth-order valence-corrected chi connectivity index (χ4v) is 3.37. The molecule has 0 radical (unpaired) electrons. The van der Waals surface area contributed by atoms with Crippen molar-refractivity contribution < 1.29 is 23.5 Å². The molecule has 1 amide bonds. The molecule has 6 nitrogen and oxygen atoms in total. The third-order valence-corrected chi connectivity index (χ3v) is 4.76. The van der Waals surface area contributed by atoms with Gasteiger partial charge in [0.2, 0.25) is 0 Å². The Morgan fingerprint density at radius 2 is 2.00 bits per heavy atom. The Morgan fingerprint density at radius 3 is 2.76 bits per heavy atom. The molecule has 0 fully saturated rings. The predicted octanol–water partition coefficient (Wildman–Crippen LogP) is 3.22. The molecule has 0 saturated heterocycles. The van der Waals surface area contributed by atoms with Crippen LogP contribution < -0.4 is 5.32 Å². The van der Waals surface area contributed by atoms with Crippen molar-refractivity contribution in [2.75, 3.05) is 6.61 Å². The van der Waals surface area contributed by atoms with Gasteiger partial charge in [0.1, 0.15) is 12.4 Å². The van der Waals surface area contributed by atoms with E-state index in [1.54, 1.807) is 28.8 Å². The Morgan fingerprint density at radius 1 is 1.21 bits per heavy atom. The monoisotopic (exact) mass is 412 g/mol. The van der Waals surface area contributed by atoms with E-state index in [1.807, 2.05) is 0 Å². The molecule has 4 rings (SSSR count). The average molecular weight is 413 g/mol. The number of cyclic esters (lactones) is 1. The molecule has 8 heteroatoms. The summed E-state index contributed by atoms with van der Waals surface area (Å²) in [5.74, 6) is -2.65. The molecule has 0 bridgehead atoms. The number of carbonyl (C=O) groups is 3. The van der Waals surface area contributed by atoms with Crippen LogP contribution in [0.1, 0.15) is 15.9 Å². The number of Topliss-reactive ketones (excluding diaryl/α,β-unsaturated/α-hetero) is 1. The molecule has 1 aliphatic rings. The SMILES string of the molecule is O=C1C=C(NC(=O)C(=O)c2cn(Cc3cc(Cl)ccc3F)c3ccccc23)CO1. The number of esters is 1. The quantitative estimate of drug-likeness (QED) is 0.396. The van der Waals surface area contributed by atoms with E-state index in [2.05, 4.69) is 5.32 Å². The van der Waals surface area contributed by atoms with Crippen molar-refractivity contribution in [1.82, 2.24) is 9.88 Å². The first-order valence-corrected chi connectivity index (χ1v) is 9.05. The van der Waals surface area contributed by atoms with Crippen LogP contribution in [0.2, 0.25) is 5.02 Å². The normalized spacial score (nSPS) is 13.3. The molecule has 1 N–H and O–H groups in total. The van der Waals surface area contributed by atoms with Crippen LogP contribution in [0.5, 0.6) is 0 Å². The van der Waals surface area contributed by atoms with Gasteiger partial charge in [0, 0.05) is 33.8 Å². The second kappa shape index (κ2) is 7.52. The molecule has 29 heavy (non-hydrogen) atoms. The Labute approximate surface area is 169 Å². The summed E-state index contributed by atoms with van der Waals surface area (Å²) in [4.78, 5) is 36.2. The lowest BCUT2D eigenvalue weighted by Gasteiger charge is -2.07. The van der Waals surface area contributed by atoms with Crippen LogP contribution in [-0.4, -0.2) is 28.8 Å². The summed E-state index contributed by atoms with van der Waals surface area (Å²) < 4.78 is 20.6. The summed E-state index contributed by atoms with van der Waals surface area (Å²) in [6, 6.07) is 11.3. The zero-order chi connectivity index (χ0) is 20.5. The summed E-state index contributed by atoms with van der Waals surface area (Å²) in [5, 5.41) is 3.34. The zero-order valence-electron chi connectivity index (χ0n) is 14.9. The van der Waals surface area contributed by atoms with Crippen molar-refractivity contribution in [2.24, 2.45) is 0 Å². The van der Waals surface area contributed by atoms with Crippen LogP contribution in [0.15, 0.2) is 60.4 Å². The van der Waals surface area contributed by atoms with Crippen LogP contribution in [-0.2, 0) is 20.9 Å². The lowest BCUT2D eigenvalue weighted by Crippen LogP contribution is -2.31. The highest BCUT2D eigenvalue weighted by Crippen LogP contribution is 2.24. The van der Waals surface area contributed by atoms with Crippen LogP contribution in [0.3, 0.4) is 0 Å². The van der Waals surface area contributed by atoms with E-state index in [0.717, 1.165) is 6.08 Å². The van der Waals surface area contributed by atoms with Gasteiger partial charge in [0.05, 0.1) is 17.8 Å². The molecular formula is C21H14ClFN2O4. The number of fused-ring (bicyclic) bond motifs is 1. The molecule has 3 aromatic rings. The Kier molecular flexibility index (Phi) is 4.90. The van der Waals surface area contributed by atoms with Crippen molar-refractivity contribution in [2.45, 2.75) is 6.54 Å². The maximum atomic E-state index is 14.2. The molecule has 2 aromatic carbocycles. The molecule has 0 unspecified atom stereocenters. The lowest BCUT2D eigenvalue weighted by molar-refractivity contribution is -0.135. The fourth-order valence-electron chi connectivity index (χ4n) is 3.18. The molecular weight excluding hydrogens is 399 g/mol. The van der Waals surface area contributed by atoms with Crippen molar-refractivity contribution in [3.63, 3.8) is 0 Å². The van der Waals surface area contributed by atoms with Gasteiger partial charge in [-0.1, -0.05) is 29.8 Å². The second-order valence-corrected chi connectivity index (χ2v) is 6.92. The Bertz CT molecular complexity index is 1200. The number of halogens is 2. The molecule has 0 atom stereocenters. The number of hydrogen-bond acceptors (Lipinski definition) is 4. The fraction of sp³-hybridized carbons (Fsp3) is 0.0952. The molecule has 146 valence electrons. The number of hydrogen-bond donors (Lipinski definition) is 1. The number of carbonyl (C=O) groups excluding carboxylic acids is 3. The van der Waals surface area contributed by atoms with E-state index >= 15 is 0 Å². The van der Waals surface area contributed by atoms with Gasteiger partial charge in [-0.25, -0.2) is 9.18 Å². The second-order valence-electron chi connectivity index (χ2n) is 6.48. The van der Waals surface area contributed by atoms with Gasteiger partial charge in [-0.3, -0.25) is 9.59 Å². The van der Waals surface area contributed by atoms with Crippen LogP contribution >= 0.6 is 11.6 Å². The zero-order valence-corrected chi connectivity index (χ0v) is 15.7. The summed E-state index contributed by atoms with van der Waals surface area (Å²) in [7, 11) is 0. The third-order valence-electron chi connectivity index (χ3n) is 4.52. The molecule has 0 aliphatic carbocycles. The third kappa shape index (κ3) is 3.77. The van der Waals surface area contributed by atoms with Crippen molar-refractivity contribution >= 4 is 40.2 Å². The highest BCUT2D eigenvalue weighted by molar-refractivity contribution is 6.45. The van der Waals surface area contributed by atoms with Gasteiger partial charge in [0.25, 0.3) is 11.7 Å². The largest absolute Gasteiger partial charge is 0.456 e. The molecule has 2 heterocycles. The summed E-state index contributed by atoms with van der Waals surface area (Å²) in [6.45, 7) is 0.0446. The van der Waals surface area contributed by atoms with E-state index in [0.29, 0.717) is 21.5 Å². The van der Waals surface area contributed by atoms with Gasteiger partial charge in [0.15, 0.2) is 0 Å². The summed E-state index contributed by atoms with van der Waals surface area (Å²) >= 11 is 5.97. The molecule has 0 saturated carbocycles. The number of aromatic nitrogens is 1. The summed E-state index contributed by atoms with van der Waals surface area (Å²) in [6.07, 6.45) is 2.63. The number of benzene rings is 2.